The van der Waals surface area contributed by atoms with Crippen molar-refractivity contribution < 1.29 is 4.79 Å². The minimum atomic E-state index is -0.501. The number of fused-ring (bicyclic) bond motifs is 3. The lowest BCUT2D eigenvalue weighted by Crippen LogP contribution is -2.35. The summed E-state index contributed by atoms with van der Waals surface area (Å²) in [6, 6.07) is 17.0. The molecule has 0 aliphatic carbocycles. The van der Waals surface area contributed by atoms with Crippen LogP contribution in [-0.2, 0) is 11.8 Å². The molecule has 0 radical (unpaired) electrons. The topological polar surface area (TPSA) is 68.9 Å². The Morgan fingerprint density at radius 3 is 2.48 bits per heavy atom. The molecule has 4 rings (SSSR count). The molecule has 0 fully saturated rings. The molecule has 0 aliphatic heterocycles. The molecule has 148 valence electrons. The fourth-order valence-electron chi connectivity index (χ4n) is 3.93. The minimum Gasteiger partial charge on any atom is -0.348 e. The number of carbonyl (C=O) groups is 1. The third-order valence-electron chi connectivity index (χ3n) is 5.47. The Morgan fingerprint density at radius 2 is 1.76 bits per heavy atom. The van der Waals surface area contributed by atoms with E-state index in [1.165, 1.54) is 4.68 Å². The normalized spacial score (nSPS) is 13.5. The van der Waals surface area contributed by atoms with Crippen molar-refractivity contribution in [1.82, 2.24) is 19.7 Å². The number of nitrogens with one attached hydrogen (secondary N) is 1. The number of nitrogens with zero attached hydrogens (tertiary/aromatic N) is 3. The molecule has 2 atom stereocenters. The first kappa shape index (κ1) is 18.9. The predicted octanol–water partition coefficient (Wildman–Crippen LogP) is 3.72. The first-order valence-corrected chi connectivity index (χ1v) is 9.83. The zero-order chi connectivity index (χ0) is 20.5. The number of benzene rings is 2. The van der Waals surface area contributed by atoms with Gasteiger partial charge in [0.1, 0.15) is 11.6 Å². The van der Waals surface area contributed by atoms with E-state index in [1.54, 1.807) is 13.2 Å². The summed E-state index contributed by atoms with van der Waals surface area (Å²) in [5.74, 6) is -0.106. The largest absolute Gasteiger partial charge is 0.348 e. The molecule has 0 saturated heterocycles. The van der Waals surface area contributed by atoms with Gasteiger partial charge in [0.25, 0.3) is 5.56 Å². The quantitative estimate of drug-likeness (QED) is 0.567. The Balaban J connectivity index is 1.83. The highest BCUT2D eigenvalue weighted by Gasteiger charge is 2.26. The van der Waals surface area contributed by atoms with E-state index in [4.69, 9.17) is 0 Å². The molecule has 29 heavy (non-hydrogen) atoms. The molecule has 0 aliphatic rings. The molecule has 6 heteroatoms. The van der Waals surface area contributed by atoms with Crippen LogP contribution in [-0.4, -0.2) is 20.3 Å². The van der Waals surface area contributed by atoms with Gasteiger partial charge in [-0.15, -0.1) is 0 Å². The third kappa shape index (κ3) is 3.20. The van der Waals surface area contributed by atoms with Crippen LogP contribution in [0, 0.1) is 0 Å². The summed E-state index contributed by atoms with van der Waals surface area (Å²) in [6.45, 7) is 3.93. The monoisotopic (exact) mass is 388 g/mol. The van der Waals surface area contributed by atoms with E-state index in [1.807, 2.05) is 73.0 Å². The van der Waals surface area contributed by atoms with E-state index in [9.17, 15) is 9.59 Å². The first-order valence-electron chi connectivity index (χ1n) is 9.83. The maximum Gasteiger partial charge on any atom is 0.291 e. The summed E-state index contributed by atoms with van der Waals surface area (Å²) in [5, 5.41) is 8.99. The van der Waals surface area contributed by atoms with Crippen LogP contribution in [0.4, 0.5) is 0 Å². The molecule has 0 spiro atoms. The van der Waals surface area contributed by atoms with Crippen LogP contribution >= 0.6 is 0 Å². The van der Waals surface area contributed by atoms with Crippen LogP contribution in [0.15, 0.2) is 65.6 Å². The second-order valence-corrected chi connectivity index (χ2v) is 7.29. The molecule has 6 nitrogen and oxygen atoms in total. The standard InChI is InChI=1S/C23H24N4O2/c1-4-19(22(28)25-15(2)16-10-6-5-7-11-16)27-20-13-9-8-12-17(20)18-14-24-26(3)23(29)21(18)27/h5-15,19H,4H2,1-3H3,(H,25,28). The highest BCUT2D eigenvalue weighted by atomic mass is 16.2. The predicted molar refractivity (Wildman–Crippen MR) is 115 cm³/mol. The summed E-state index contributed by atoms with van der Waals surface area (Å²) < 4.78 is 3.19. The molecule has 1 N–H and O–H groups in total. The third-order valence-corrected chi connectivity index (χ3v) is 5.47. The van der Waals surface area contributed by atoms with Crippen molar-refractivity contribution in [1.29, 1.82) is 0 Å². The summed E-state index contributed by atoms with van der Waals surface area (Å²) in [4.78, 5) is 26.2. The maximum atomic E-state index is 13.3. The molecule has 2 unspecified atom stereocenters. The molecule has 4 aromatic rings. The van der Waals surface area contributed by atoms with Gasteiger partial charge >= 0.3 is 0 Å². The number of para-hydroxylation sites is 1. The second kappa shape index (κ2) is 7.54. The number of rotatable bonds is 5. The number of aromatic nitrogens is 3. The van der Waals surface area contributed by atoms with Gasteiger partial charge < -0.3 is 9.88 Å². The molecule has 2 aromatic heterocycles. The van der Waals surface area contributed by atoms with Crippen molar-refractivity contribution >= 4 is 27.7 Å². The summed E-state index contributed by atoms with van der Waals surface area (Å²) in [5.41, 5.74) is 2.21. The molecular formula is C23H24N4O2. The Morgan fingerprint density at radius 1 is 1.07 bits per heavy atom. The fourth-order valence-corrected chi connectivity index (χ4v) is 3.93. The summed E-state index contributed by atoms with van der Waals surface area (Å²) >= 11 is 0. The highest BCUT2D eigenvalue weighted by molar-refractivity contribution is 6.08. The van der Waals surface area contributed by atoms with Gasteiger partial charge in [-0.25, -0.2) is 4.68 Å². The van der Waals surface area contributed by atoms with Gasteiger partial charge in [0.05, 0.1) is 17.8 Å². The van der Waals surface area contributed by atoms with Crippen LogP contribution in [0.5, 0.6) is 0 Å². The summed E-state index contributed by atoms with van der Waals surface area (Å²) in [7, 11) is 1.63. The van der Waals surface area contributed by atoms with E-state index in [0.717, 1.165) is 21.9 Å². The van der Waals surface area contributed by atoms with E-state index in [0.29, 0.717) is 11.9 Å². The minimum absolute atomic E-state index is 0.106. The highest BCUT2D eigenvalue weighted by Crippen LogP contribution is 2.31. The number of aryl methyl sites for hydroxylation is 1. The van der Waals surface area contributed by atoms with Crippen LogP contribution in [0.3, 0.4) is 0 Å². The average Bonchev–Trinajstić information content (AvgIpc) is 3.07. The molecule has 2 aromatic carbocycles. The first-order chi connectivity index (χ1) is 14.0. The molecular weight excluding hydrogens is 364 g/mol. The Hall–Kier alpha value is -3.41. The van der Waals surface area contributed by atoms with Crippen LogP contribution in [0.1, 0.15) is 37.9 Å². The van der Waals surface area contributed by atoms with E-state index in [2.05, 4.69) is 10.4 Å². The van der Waals surface area contributed by atoms with E-state index < -0.39 is 6.04 Å². The van der Waals surface area contributed by atoms with Crippen molar-refractivity contribution in [3.63, 3.8) is 0 Å². The van der Waals surface area contributed by atoms with Gasteiger partial charge in [0.15, 0.2) is 0 Å². The molecule has 2 heterocycles. The summed E-state index contributed by atoms with van der Waals surface area (Å²) in [6.07, 6.45) is 2.26. The van der Waals surface area contributed by atoms with Crippen molar-refractivity contribution in [3.8, 4) is 0 Å². The Bertz CT molecular complexity index is 1240. The van der Waals surface area contributed by atoms with Gasteiger partial charge in [-0.3, -0.25) is 9.59 Å². The van der Waals surface area contributed by atoms with Crippen molar-refractivity contribution in [2.24, 2.45) is 7.05 Å². The number of hydrogen-bond acceptors (Lipinski definition) is 3. The maximum absolute atomic E-state index is 13.3. The van der Waals surface area contributed by atoms with Crippen molar-refractivity contribution in [2.45, 2.75) is 32.4 Å². The lowest BCUT2D eigenvalue weighted by Gasteiger charge is -2.22. The van der Waals surface area contributed by atoms with Gasteiger partial charge in [-0.2, -0.15) is 5.10 Å². The number of amides is 1. The van der Waals surface area contributed by atoms with Gasteiger partial charge in [-0.1, -0.05) is 55.5 Å². The SMILES string of the molecule is CCC(C(=O)NC(C)c1ccccc1)n1c2ccccc2c2cnn(C)c(=O)c21. The van der Waals surface area contributed by atoms with Crippen LogP contribution in [0.25, 0.3) is 21.8 Å². The molecule has 0 saturated carbocycles. The van der Waals surface area contributed by atoms with Crippen LogP contribution in [0.2, 0.25) is 0 Å². The van der Waals surface area contributed by atoms with Gasteiger partial charge in [0, 0.05) is 17.8 Å². The zero-order valence-electron chi connectivity index (χ0n) is 16.8. The lowest BCUT2D eigenvalue weighted by atomic mass is 10.1. The van der Waals surface area contributed by atoms with E-state index >= 15 is 0 Å². The van der Waals surface area contributed by atoms with E-state index in [-0.39, 0.29) is 17.5 Å². The fraction of sp³-hybridized carbons (Fsp3) is 0.261. The molecule has 1 amide bonds. The van der Waals surface area contributed by atoms with Gasteiger partial charge in [0.2, 0.25) is 5.91 Å². The Labute approximate surface area is 168 Å². The van der Waals surface area contributed by atoms with Gasteiger partial charge in [-0.05, 0) is 25.0 Å². The zero-order valence-corrected chi connectivity index (χ0v) is 16.8. The Kier molecular flexibility index (Phi) is 4.92. The number of carbonyl (C=O) groups excluding carboxylic acids is 1. The smallest absolute Gasteiger partial charge is 0.291 e. The second-order valence-electron chi connectivity index (χ2n) is 7.29. The lowest BCUT2D eigenvalue weighted by molar-refractivity contribution is -0.124. The number of hydrogen-bond donors (Lipinski definition) is 1. The van der Waals surface area contributed by atoms with Crippen molar-refractivity contribution in [2.75, 3.05) is 0 Å². The van der Waals surface area contributed by atoms with Crippen LogP contribution < -0.4 is 10.9 Å². The average molecular weight is 388 g/mol. The molecule has 0 bridgehead atoms. The van der Waals surface area contributed by atoms with Crippen molar-refractivity contribution in [3.05, 3.63) is 76.7 Å².